The molecular formula is C24H26N2O10. The number of benzene rings is 1. The van der Waals surface area contributed by atoms with E-state index in [2.05, 4.69) is 5.32 Å². The van der Waals surface area contributed by atoms with Gasteiger partial charge in [-0.15, -0.1) is 0 Å². The van der Waals surface area contributed by atoms with Crippen molar-refractivity contribution in [2.24, 2.45) is 0 Å². The number of nitro groups is 1. The van der Waals surface area contributed by atoms with Crippen molar-refractivity contribution in [2.75, 3.05) is 20.3 Å². The molecule has 0 amide bonds. The predicted molar refractivity (Wildman–Crippen MR) is 121 cm³/mol. The molecule has 192 valence electrons. The van der Waals surface area contributed by atoms with Gasteiger partial charge >= 0.3 is 11.9 Å². The molecule has 2 saturated heterocycles. The molecule has 1 aromatic rings. The lowest BCUT2D eigenvalue weighted by Crippen LogP contribution is -2.53. The van der Waals surface area contributed by atoms with Gasteiger partial charge in [-0.25, -0.2) is 4.79 Å². The molecule has 12 nitrogen and oxygen atoms in total. The molecule has 0 radical (unpaired) electrons. The maximum atomic E-state index is 14.1. The molecular weight excluding hydrogens is 476 g/mol. The summed E-state index contributed by atoms with van der Waals surface area (Å²) in [4.78, 5) is 49.6. The molecule has 1 unspecified atom stereocenters. The van der Waals surface area contributed by atoms with Crippen molar-refractivity contribution in [1.29, 1.82) is 0 Å². The molecule has 3 aliphatic heterocycles. The molecule has 3 heterocycles. The van der Waals surface area contributed by atoms with Crippen LogP contribution in [-0.2, 0) is 33.3 Å². The highest BCUT2D eigenvalue weighted by Gasteiger charge is 2.62. The maximum absolute atomic E-state index is 14.1. The first-order valence-corrected chi connectivity index (χ1v) is 11.2. The van der Waals surface area contributed by atoms with E-state index in [1.54, 1.807) is 19.9 Å². The van der Waals surface area contributed by atoms with Crippen molar-refractivity contribution in [3.8, 4) is 0 Å². The second-order valence-corrected chi connectivity index (χ2v) is 8.87. The molecule has 36 heavy (non-hydrogen) atoms. The molecule has 0 aliphatic carbocycles. The second-order valence-electron chi connectivity index (χ2n) is 8.87. The number of ketones is 1. The Bertz CT molecular complexity index is 1210. The quantitative estimate of drug-likeness (QED) is 0.324. The summed E-state index contributed by atoms with van der Waals surface area (Å²) in [6.07, 6.45) is -2.86. The standard InChI is InChI=1S/C24H26N2O10/c1-11-17(21(28)24(30)10-35-20-16(36-13(3)27)9-34-22(20)24)19(18(12(2)25-11)23(29)33-4)14-7-5-6-8-15(14)26(31)32/h5-8,16,19-20,22,25,30H,9-10H2,1-4H3/t16-,19?,20+,22-,24-/m0/s1. The molecule has 0 bridgehead atoms. The number of allylic oxidation sites excluding steroid dienone is 2. The zero-order valence-corrected chi connectivity index (χ0v) is 20.1. The van der Waals surface area contributed by atoms with E-state index in [1.165, 1.54) is 25.1 Å². The smallest absolute Gasteiger partial charge is 0.336 e. The number of methoxy groups -OCH3 is 1. The number of fused-ring (bicyclic) bond motifs is 1. The van der Waals surface area contributed by atoms with E-state index in [4.69, 9.17) is 18.9 Å². The number of rotatable bonds is 6. The number of para-hydroxylation sites is 1. The van der Waals surface area contributed by atoms with Crippen LogP contribution in [-0.4, -0.2) is 72.0 Å². The Morgan fingerprint density at radius 1 is 1.17 bits per heavy atom. The lowest BCUT2D eigenvalue weighted by Gasteiger charge is -2.34. The topological polar surface area (TPSA) is 164 Å². The van der Waals surface area contributed by atoms with Gasteiger partial charge in [0.1, 0.15) is 12.2 Å². The fourth-order valence-electron chi connectivity index (χ4n) is 5.12. The number of dihydropyridines is 1. The van der Waals surface area contributed by atoms with E-state index in [1.807, 2.05) is 0 Å². The number of ether oxygens (including phenoxy) is 4. The van der Waals surface area contributed by atoms with Crippen molar-refractivity contribution in [3.05, 3.63) is 62.5 Å². The molecule has 4 rings (SSSR count). The average Bonchev–Trinajstić information content (AvgIpc) is 3.39. The summed E-state index contributed by atoms with van der Waals surface area (Å²) in [5.74, 6) is -3.41. The minimum Gasteiger partial charge on any atom is -0.466 e. The third kappa shape index (κ3) is 4.06. The van der Waals surface area contributed by atoms with Crippen LogP contribution in [0.1, 0.15) is 32.3 Å². The summed E-state index contributed by atoms with van der Waals surface area (Å²) in [6, 6.07) is 5.75. The van der Waals surface area contributed by atoms with Gasteiger partial charge in [-0.05, 0) is 13.8 Å². The van der Waals surface area contributed by atoms with Crippen LogP contribution in [0, 0.1) is 10.1 Å². The highest BCUT2D eigenvalue weighted by atomic mass is 16.6. The molecule has 0 spiro atoms. The number of Topliss-reactive ketones (excluding diaryl/α,β-unsaturated/α-hetero) is 1. The number of hydrogen-bond acceptors (Lipinski definition) is 11. The maximum Gasteiger partial charge on any atom is 0.336 e. The number of nitro benzene ring substituents is 1. The Morgan fingerprint density at radius 2 is 1.83 bits per heavy atom. The number of carbonyl (C=O) groups excluding carboxylic acids is 3. The van der Waals surface area contributed by atoms with Gasteiger partial charge in [0.15, 0.2) is 17.5 Å². The minimum atomic E-state index is -2.20. The van der Waals surface area contributed by atoms with Crippen LogP contribution >= 0.6 is 0 Å². The summed E-state index contributed by atoms with van der Waals surface area (Å²) in [5.41, 5.74) is -1.87. The highest BCUT2D eigenvalue weighted by Crippen LogP contribution is 2.46. The van der Waals surface area contributed by atoms with Crippen molar-refractivity contribution >= 4 is 23.4 Å². The van der Waals surface area contributed by atoms with E-state index in [9.17, 15) is 29.6 Å². The third-order valence-corrected chi connectivity index (χ3v) is 6.64. The number of nitrogens with one attached hydrogen (secondary N) is 1. The highest BCUT2D eigenvalue weighted by molar-refractivity contribution is 6.08. The zero-order chi connectivity index (χ0) is 26.4. The van der Waals surface area contributed by atoms with Gasteiger partial charge in [0.25, 0.3) is 5.69 Å². The first kappa shape index (κ1) is 25.5. The SMILES string of the molecule is COC(=O)C1=C(C)NC(C)=C(C(=O)[C@@]2(O)CO[C@@H]3[C@@H](OC(C)=O)CO[C@@H]32)C1c1ccccc1[N+](=O)[O-]. The monoisotopic (exact) mass is 502 g/mol. The largest absolute Gasteiger partial charge is 0.466 e. The number of esters is 2. The predicted octanol–water partition coefficient (Wildman–Crippen LogP) is 1.03. The van der Waals surface area contributed by atoms with E-state index >= 15 is 0 Å². The van der Waals surface area contributed by atoms with Gasteiger partial charge in [-0.1, -0.05) is 18.2 Å². The average molecular weight is 502 g/mol. The number of carbonyl (C=O) groups is 3. The first-order chi connectivity index (χ1) is 17.0. The van der Waals surface area contributed by atoms with E-state index in [-0.39, 0.29) is 29.0 Å². The van der Waals surface area contributed by atoms with Crippen molar-refractivity contribution in [3.63, 3.8) is 0 Å². The molecule has 1 aromatic carbocycles. The summed E-state index contributed by atoms with van der Waals surface area (Å²) in [6.45, 7) is 3.84. The Labute approximate surface area is 206 Å². The van der Waals surface area contributed by atoms with Gasteiger partial charge < -0.3 is 29.4 Å². The third-order valence-electron chi connectivity index (χ3n) is 6.64. The van der Waals surface area contributed by atoms with E-state index in [0.717, 1.165) is 7.11 Å². The fourth-order valence-corrected chi connectivity index (χ4v) is 5.12. The van der Waals surface area contributed by atoms with Gasteiger partial charge in [0.2, 0.25) is 0 Å². The Balaban J connectivity index is 1.82. The second kappa shape index (κ2) is 9.45. The van der Waals surface area contributed by atoms with Crippen LogP contribution in [0.15, 0.2) is 46.8 Å². The van der Waals surface area contributed by atoms with Crippen LogP contribution in [0.4, 0.5) is 5.69 Å². The van der Waals surface area contributed by atoms with Crippen LogP contribution < -0.4 is 5.32 Å². The van der Waals surface area contributed by atoms with Crippen molar-refractivity contribution < 1.29 is 43.4 Å². The van der Waals surface area contributed by atoms with Gasteiger partial charge in [-0.2, -0.15) is 0 Å². The fraction of sp³-hybridized carbons (Fsp3) is 0.458. The Morgan fingerprint density at radius 3 is 2.47 bits per heavy atom. The van der Waals surface area contributed by atoms with Gasteiger partial charge in [-0.3, -0.25) is 19.7 Å². The van der Waals surface area contributed by atoms with Crippen molar-refractivity contribution in [2.45, 2.75) is 50.6 Å². The first-order valence-electron chi connectivity index (χ1n) is 11.2. The molecule has 0 aromatic heterocycles. The van der Waals surface area contributed by atoms with Gasteiger partial charge in [0, 0.05) is 35.5 Å². The van der Waals surface area contributed by atoms with E-state index < -0.39 is 59.1 Å². The van der Waals surface area contributed by atoms with E-state index in [0.29, 0.717) is 11.4 Å². The molecule has 2 N–H and O–H groups in total. The summed E-state index contributed by atoms with van der Waals surface area (Å²) in [5, 5.41) is 26.4. The lowest BCUT2D eigenvalue weighted by atomic mass is 9.74. The lowest BCUT2D eigenvalue weighted by molar-refractivity contribution is -0.385. The number of aliphatic hydroxyl groups is 1. The van der Waals surface area contributed by atoms with Crippen LogP contribution in [0.5, 0.6) is 0 Å². The number of nitrogens with zero attached hydrogens (tertiary/aromatic N) is 1. The van der Waals surface area contributed by atoms with Crippen LogP contribution in [0.3, 0.4) is 0 Å². The summed E-state index contributed by atoms with van der Waals surface area (Å²) < 4.78 is 21.4. The normalized spacial score (nSPS) is 29.5. The number of hydrogen-bond donors (Lipinski definition) is 2. The summed E-state index contributed by atoms with van der Waals surface area (Å²) >= 11 is 0. The Hall–Kier alpha value is -3.61. The molecule has 12 heteroatoms. The minimum absolute atomic E-state index is 0.00931. The molecule has 3 aliphatic rings. The Kier molecular flexibility index (Phi) is 6.69. The zero-order valence-electron chi connectivity index (χ0n) is 20.1. The summed E-state index contributed by atoms with van der Waals surface area (Å²) in [7, 11) is 1.16. The molecule has 0 saturated carbocycles. The van der Waals surface area contributed by atoms with Gasteiger partial charge in [0.05, 0.1) is 36.7 Å². The molecule has 5 atom stereocenters. The van der Waals surface area contributed by atoms with Crippen molar-refractivity contribution in [1.82, 2.24) is 5.32 Å². The van der Waals surface area contributed by atoms with Crippen LogP contribution in [0.2, 0.25) is 0 Å². The molecule has 2 fully saturated rings. The van der Waals surface area contributed by atoms with Crippen LogP contribution in [0.25, 0.3) is 0 Å².